The van der Waals surface area contributed by atoms with E-state index in [9.17, 15) is 10.2 Å². The molecule has 15 heavy (non-hydrogen) atoms. The van der Waals surface area contributed by atoms with Gasteiger partial charge in [-0.3, -0.25) is 4.90 Å². The van der Waals surface area contributed by atoms with Gasteiger partial charge in [0.15, 0.2) is 0 Å². The van der Waals surface area contributed by atoms with Crippen LogP contribution in [0.1, 0.15) is 19.8 Å². The zero-order chi connectivity index (χ0) is 11.4. The standard InChI is InChI=1S/C9H19N3O3/c1-2-6(3-9(10)11-15)12-4-7(13)8(14)5-12/h6-8,13-15H,2-5H2,1H3,(H2,10,11). The lowest BCUT2D eigenvalue weighted by molar-refractivity contribution is 0.0572. The average Bonchev–Trinajstić information content (AvgIpc) is 2.55. The van der Waals surface area contributed by atoms with E-state index in [2.05, 4.69) is 5.16 Å². The second-order valence-corrected chi connectivity index (χ2v) is 3.95. The molecule has 0 aliphatic carbocycles. The molecule has 5 N–H and O–H groups in total. The maximum Gasteiger partial charge on any atom is 0.140 e. The van der Waals surface area contributed by atoms with Gasteiger partial charge in [0.2, 0.25) is 0 Å². The SMILES string of the molecule is CCC(CC(N)=NO)N1CC(O)C(O)C1. The van der Waals surface area contributed by atoms with E-state index in [0.29, 0.717) is 19.5 Å². The molecule has 88 valence electrons. The first-order valence-electron chi connectivity index (χ1n) is 5.15. The molecule has 0 aromatic carbocycles. The quantitative estimate of drug-likeness (QED) is 0.208. The highest BCUT2D eigenvalue weighted by molar-refractivity contribution is 5.80. The lowest BCUT2D eigenvalue weighted by Crippen LogP contribution is -2.37. The van der Waals surface area contributed by atoms with E-state index in [1.807, 2.05) is 11.8 Å². The van der Waals surface area contributed by atoms with Gasteiger partial charge in [-0.25, -0.2) is 0 Å². The minimum Gasteiger partial charge on any atom is -0.409 e. The molecule has 0 aromatic rings. The van der Waals surface area contributed by atoms with Crippen molar-refractivity contribution in [2.24, 2.45) is 10.9 Å². The predicted molar refractivity (Wildman–Crippen MR) is 55.7 cm³/mol. The van der Waals surface area contributed by atoms with Gasteiger partial charge in [0.1, 0.15) is 5.84 Å². The van der Waals surface area contributed by atoms with Crippen molar-refractivity contribution in [3.8, 4) is 0 Å². The maximum absolute atomic E-state index is 9.40. The van der Waals surface area contributed by atoms with Crippen LogP contribution in [0.3, 0.4) is 0 Å². The first kappa shape index (κ1) is 12.2. The third-order valence-electron chi connectivity index (χ3n) is 2.85. The van der Waals surface area contributed by atoms with Gasteiger partial charge >= 0.3 is 0 Å². The summed E-state index contributed by atoms with van der Waals surface area (Å²) in [7, 11) is 0. The van der Waals surface area contributed by atoms with Crippen LogP contribution in [0.15, 0.2) is 5.16 Å². The van der Waals surface area contributed by atoms with Crippen molar-refractivity contribution in [1.29, 1.82) is 0 Å². The van der Waals surface area contributed by atoms with Crippen LogP contribution in [-0.4, -0.2) is 57.5 Å². The highest BCUT2D eigenvalue weighted by Gasteiger charge is 2.33. The molecular weight excluding hydrogens is 198 g/mol. The Morgan fingerprint density at radius 3 is 2.40 bits per heavy atom. The van der Waals surface area contributed by atoms with Gasteiger partial charge in [-0.1, -0.05) is 12.1 Å². The van der Waals surface area contributed by atoms with Gasteiger partial charge in [0, 0.05) is 25.6 Å². The smallest absolute Gasteiger partial charge is 0.140 e. The lowest BCUT2D eigenvalue weighted by atomic mass is 10.1. The number of aliphatic hydroxyl groups is 2. The second-order valence-electron chi connectivity index (χ2n) is 3.95. The van der Waals surface area contributed by atoms with Gasteiger partial charge in [0.05, 0.1) is 12.2 Å². The molecule has 0 aromatic heterocycles. The van der Waals surface area contributed by atoms with Crippen molar-refractivity contribution in [2.45, 2.75) is 38.0 Å². The van der Waals surface area contributed by atoms with Crippen LogP contribution in [0.5, 0.6) is 0 Å². The van der Waals surface area contributed by atoms with Crippen LogP contribution in [0.4, 0.5) is 0 Å². The highest BCUT2D eigenvalue weighted by atomic mass is 16.4. The summed E-state index contributed by atoms with van der Waals surface area (Å²) in [4.78, 5) is 1.97. The van der Waals surface area contributed by atoms with Crippen LogP contribution in [0.25, 0.3) is 0 Å². The van der Waals surface area contributed by atoms with Gasteiger partial charge < -0.3 is 21.2 Å². The molecule has 1 rings (SSSR count). The van der Waals surface area contributed by atoms with E-state index in [-0.39, 0.29) is 11.9 Å². The van der Waals surface area contributed by atoms with Crippen LogP contribution in [0, 0.1) is 0 Å². The van der Waals surface area contributed by atoms with Crippen molar-refractivity contribution < 1.29 is 15.4 Å². The zero-order valence-electron chi connectivity index (χ0n) is 8.87. The third kappa shape index (κ3) is 3.05. The summed E-state index contributed by atoms with van der Waals surface area (Å²) in [6, 6.07) is 0.104. The van der Waals surface area contributed by atoms with Crippen LogP contribution < -0.4 is 5.73 Å². The topological polar surface area (TPSA) is 102 Å². The predicted octanol–water partition coefficient (Wildman–Crippen LogP) is -1.06. The number of nitrogens with zero attached hydrogens (tertiary/aromatic N) is 2. The number of aliphatic hydroxyl groups excluding tert-OH is 2. The fourth-order valence-corrected chi connectivity index (χ4v) is 1.91. The van der Waals surface area contributed by atoms with E-state index in [0.717, 1.165) is 6.42 Å². The van der Waals surface area contributed by atoms with Gasteiger partial charge in [-0.15, -0.1) is 0 Å². The first-order chi connectivity index (χ1) is 7.08. The monoisotopic (exact) mass is 217 g/mol. The summed E-state index contributed by atoms with van der Waals surface area (Å²) < 4.78 is 0. The number of amidine groups is 1. The van der Waals surface area contributed by atoms with Crippen molar-refractivity contribution in [3.05, 3.63) is 0 Å². The molecule has 3 atom stereocenters. The van der Waals surface area contributed by atoms with E-state index in [1.165, 1.54) is 0 Å². The number of hydrogen-bond donors (Lipinski definition) is 4. The number of hydrogen-bond acceptors (Lipinski definition) is 5. The van der Waals surface area contributed by atoms with Gasteiger partial charge in [-0.2, -0.15) is 0 Å². The number of likely N-dealkylation sites (tertiary alicyclic amines) is 1. The Labute approximate surface area is 89.0 Å². The normalized spacial score (nSPS) is 30.7. The largest absolute Gasteiger partial charge is 0.409 e. The molecule has 1 aliphatic heterocycles. The molecule has 0 radical (unpaired) electrons. The zero-order valence-corrected chi connectivity index (χ0v) is 8.87. The van der Waals surface area contributed by atoms with E-state index < -0.39 is 12.2 Å². The van der Waals surface area contributed by atoms with Crippen molar-refractivity contribution in [3.63, 3.8) is 0 Å². The van der Waals surface area contributed by atoms with Crippen LogP contribution >= 0.6 is 0 Å². The maximum atomic E-state index is 9.40. The number of rotatable bonds is 4. The molecule has 1 fully saturated rings. The Kier molecular flexibility index (Phi) is 4.31. The summed E-state index contributed by atoms with van der Waals surface area (Å²) in [5, 5.41) is 30.2. The van der Waals surface area contributed by atoms with E-state index in [1.54, 1.807) is 0 Å². The average molecular weight is 217 g/mol. The lowest BCUT2D eigenvalue weighted by Gasteiger charge is -2.25. The Morgan fingerprint density at radius 1 is 1.47 bits per heavy atom. The third-order valence-corrected chi connectivity index (χ3v) is 2.85. The molecule has 0 amide bonds. The van der Waals surface area contributed by atoms with E-state index >= 15 is 0 Å². The minimum atomic E-state index is -0.689. The molecule has 6 heteroatoms. The Bertz CT molecular complexity index is 225. The van der Waals surface area contributed by atoms with Crippen molar-refractivity contribution in [1.82, 2.24) is 4.90 Å². The summed E-state index contributed by atoms with van der Waals surface area (Å²) >= 11 is 0. The van der Waals surface area contributed by atoms with Crippen LogP contribution in [-0.2, 0) is 0 Å². The summed E-state index contributed by atoms with van der Waals surface area (Å²) in [5.41, 5.74) is 5.43. The minimum absolute atomic E-state index is 0.104. The second kappa shape index (κ2) is 5.29. The highest BCUT2D eigenvalue weighted by Crippen LogP contribution is 2.17. The molecule has 0 bridgehead atoms. The van der Waals surface area contributed by atoms with E-state index in [4.69, 9.17) is 10.9 Å². The number of nitrogens with two attached hydrogens (primary N) is 1. The molecule has 1 saturated heterocycles. The Morgan fingerprint density at radius 2 is 2.00 bits per heavy atom. The van der Waals surface area contributed by atoms with Crippen molar-refractivity contribution >= 4 is 5.84 Å². The summed E-state index contributed by atoms with van der Waals surface area (Å²) in [5.74, 6) is 0.178. The summed E-state index contributed by atoms with van der Waals surface area (Å²) in [6.45, 7) is 2.88. The fourth-order valence-electron chi connectivity index (χ4n) is 1.91. The Balaban J connectivity index is 2.53. The molecule has 0 spiro atoms. The molecule has 1 heterocycles. The summed E-state index contributed by atoms with van der Waals surface area (Å²) in [6.07, 6.45) is -0.0973. The molecule has 6 nitrogen and oxygen atoms in total. The van der Waals surface area contributed by atoms with Crippen molar-refractivity contribution in [2.75, 3.05) is 13.1 Å². The van der Waals surface area contributed by atoms with Gasteiger partial charge in [-0.05, 0) is 6.42 Å². The molecular formula is C9H19N3O3. The number of β-amino-alcohol motifs (C(OH)–C–C–N with tert-alkyl or cyclic N) is 2. The molecule has 0 saturated carbocycles. The first-order valence-corrected chi connectivity index (χ1v) is 5.15. The van der Waals surface area contributed by atoms with Crippen LogP contribution in [0.2, 0.25) is 0 Å². The molecule has 1 aliphatic rings. The Hall–Kier alpha value is -0.850. The fraction of sp³-hybridized carbons (Fsp3) is 0.889. The number of oxime groups is 1. The molecule has 3 unspecified atom stereocenters. The van der Waals surface area contributed by atoms with Gasteiger partial charge in [0.25, 0.3) is 0 Å².